The number of nitro groups is 1. The molecule has 10 heteroatoms. The van der Waals surface area contributed by atoms with Crippen LogP contribution in [0.15, 0.2) is 30.5 Å². The lowest BCUT2D eigenvalue weighted by Gasteiger charge is -2.11. The van der Waals surface area contributed by atoms with E-state index in [9.17, 15) is 14.9 Å². The average Bonchev–Trinajstić information content (AvgIpc) is 2.49. The van der Waals surface area contributed by atoms with Gasteiger partial charge in [0.2, 0.25) is 11.8 Å². The van der Waals surface area contributed by atoms with Crippen LogP contribution in [-0.2, 0) is 4.79 Å². The van der Waals surface area contributed by atoms with E-state index in [2.05, 4.69) is 20.6 Å². The Morgan fingerprint density at radius 1 is 1.39 bits per heavy atom. The van der Waals surface area contributed by atoms with Crippen LogP contribution in [0.1, 0.15) is 6.92 Å². The minimum absolute atomic E-state index is 0.0815. The minimum Gasteiger partial charge on any atom is -0.480 e. The highest BCUT2D eigenvalue weighted by Crippen LogP contribution is 2.24. The van der Waals surface area contributed by atoms with Gasteiger partial charge in [0, 0.05) is 10.7 Å². The van der Waals surface area contributed by atoms with Gasteiger partial charge in [-0.25, -0.2) is 4.98 Å². The van der Waals surface area contributed by atoms with Crippen LogP contribution in [0.3, 0.4) is 0 Å². The van der Waals surface area contributed by atoms with Gasteiger partial charge in [-0.3, -0.25) is 14.9 Å². The maximum Gasteiger partial charge on any atom is 0.329 e. The zero-order valence-electron chi connectivity index (χ0n) is 11.9. The van der Waals surface area contributed by atoms with E-state index in [0.717, 1.165) is 6.20 Å². The Morgan fingerprint density at radius 2 is 2.04 bits per heavy atom. The molecule has 0 saturated heterocycles. The van der Waals surface area contributed by atoms with Gasteiger partial charge in [-0.05, 0) is 31.2 Å². The van der Waals surface area contributed by atoms with Gasteiger partial charge in [0.05, 0.1) is 4.92 Å². The van der Waals surface area contributed by atoms with Crippen molar-refractivity contribution in [2.24, 2.45) is 0 Å². The second-order valence-corrected chi connectivity index (χ2v) is 4.96. The van der Waals surface area contributed by atoms with Gasteiger partial charge in [-0.2, -0.15) is 4.98 Å². The molecule has 1 aromatic heterocycles. The molecular formula is C13H12ClN5O4. The molecule has 0 saturated carbocycles. The molecule has 0 unspecified atom stereocenters. The molecule has 1 atom stereocenters. The summed E-state index contributed by atoms with van der Waals surface area (Å²) in [5.41, 5.74) is 0.209. The third-order valence-corrected chi connectivity index (χ3v) is 3.04. The Hall–Kier alpha value is -2.94. The standard InChI is InChI=1S/C13H12ClN5O4/c1-7(12(20)21)16-11-10(19(22)23)6-15-13(18-11)17-9-4-2-8(14)3-5-9/h2-7H,1H3,(H,20,21)(H2,15,16,17,18)/t7-/m0/s1. The van der Waals surface area contributed by atoms with Crippen molar-refractivity contribution in [3.63, 3.8) is 0 Å². The van der Waals surface area contributed by atoms with Gasteiger partial charge < -0.3 is 15.7 Å². The summed E-state index contributed by atoms with van der Waals surface area (Å²) >= 11 is 5.78. The number of aliphatic carboxylic acids is 1. The zero-order chi connectivity index (χ0) is 17.0. The summed E-state index contributed by atoms with van der Waals surface area (Å²) in [5.74, 6) is -1.26. The molecule has 0 aliphatic carbocycles. The number of nitrogens with zero attached hydrogens (tertiary/aromatic N) is 3. The normalized spacial score (nSPS) is 11.6. The van der Waals surface area contributed by atoms with E-state index in [1.54, 1.807) is 24.3 Å². The van der Waals surface area contributed by atoms with Gasteiger partial charge in [0.1, 0.15) is 12.2 Å². The number of hydrogen-bond donors (Lipinski definition) is 3. The molecule has 0 spiro atoms. The van der Waals surface area contributed by atoms with Gasteiger partial charge in [-0.1, -0.05) is 11.6 Å². The molecule has 9 nitrogen and oxygen atoms in total. The van der Waals surface area contributed by atoms with Crippen molar-refractivity contribution in [3.8, 4) is 0 Å². The summed E-state index contributed by atoms with van der Waals surface area (Å²) in [6.45, 7) is 1.35. The smallest absolute Gasteiger partial charge is 0.329 e. The number of hydrogen-bond acceptors (Lipinski definition) is 7. The van der Waals surface area contributed by atoms with Crippen molar-refractivity contribution in [1.29, 1.82) is 0 Å². The van der Waals surface area contributed by atoms with E-state index in [1.165, 1.54) is 6.92 Å². The van der Waals surface area contributed by atoms with Crippen molar-refractivity contribution >= 4 is 40.7 Å². The maximum absolute atomic E-state index is 11.0. The highest BCUT2D eigenvalue weighted by Gasteiger charge is 2.21. The first-order valence-electron chi connectivity index (χ1n) is 6.40. The SMILES string of the molecule is C[C@H](Nc1nc(Nc2ccc(Cl)cc2)ncc1[N+](=O)[O-])C(=O)O. The van der Waals surface area contributed by atoms with Crippen LogP contribution in [0.4, 0.5) is 23.1 Å². The fraction of sp³-hybridized carbons (Fsp3) is 0.154. The summed E-state index contributed by atoms with van der Waals surface area (Å²) in [7, 11) is 0. The molecule has 0 radical (unpaired) electrons. The lowest BCUT2D eigenvalue weighted by molar-refractivity contribution is -0.384. The molecule has 2 rings (SSSR count). The molecule has 0 aliphatic rings. The Bertz CT molecular complexity index is 738. The number of carboxylic acid groups (broad SMARTS) is 1. The number of halogens is 1. The van der Waals surface area contributed by atoms with E-state index in [1.807, 2.05) is 0 Å². The van der Waals surface area contributed by atoms with E-state index in [-0.39, 0.29) is 11.8 Å². The van der Waals surface area contributed by atoms with E-state index >= 15 is 0 Å². The van der Waals surface area contributed by atoms with E-state index < -0.39 is 22.6 Å². The molecular weight excluding hydrogens is 326 g/mol. The quantitative estimate of drug-likeness (QED) is 0.541. The topological polar surface area (TPSA) is 130 Å². The molecule has 0 aliphatic heterocycles. The summed E-state index contributed by atoms with van der Waals surface area (Å²) in [4.78, 5) is 29.0. The van der Waals surface area contributed by atoms with Gasteiger partial charge in [0.25, 0.3) is 0 Å². The number of benzene rings is 1. The highest BCUT2D eigenvalue weighted by molar-refractivity contribution is 6.30. The third kappa shape index (κ3) is 4.27. The molecule has 1 heterocycles. The first kappa shape index (κ1) is 16.4. The van der Waals surface area contributed by atoms with Crippen molar-refractivity contribution < 1.29 is 14.8 Å². The number of aromatic nitrogens is 2. The van der Waals surface area contributed by atoms with Gasteiger partial charge in [-0.15, -0.1) is 0 Å². The lowest BCUT2D eigenvalue weighted by atomic mass is 10.3. The van der Waals surface area contributed by atoms with Crippen LogP contribution in [0, 0.1) is 10.1 Å². The minimum atomic E-state index is -1.16. The predicted molar refractivity (Wildman–Crippen MR) is 84.1 cm³/mol. The van der Waals surface area contributed by atoms with Crippen molar-refractivity contribution in [2.75, 3.05) is 10.6 Å². The van der Waals surface area contributed by atoms with Crippen molar-refractivity contribution in [3.05, 3.63) is 45.6 Å². The van der Waals surface area contributed by atoms with Crippen LogP contribution >= 0.6 is 11.6 Å². The van der Waals surface area contributed by atoms with Crippen LogP contribution in [0.25, 0.3) is 0 Å². The Balaban J connectivity index is 2.29. The number of rotatable bonds is 6. The van der Waals surface area contributed by atoms with Crippen LogP contribution in [0.2, 0.25) is 5.02 Å². The van der Waals surface area contributed by atoms with Crippen molar-refractivity contribution in [2.45, 2.75) is 13.0 Å². The molecule has 3 N–H and O–H groups in total. The van der Waals surface area contributed by atoms with Gasteiger partial charge >= 0.3 is 11.7 Å². The summed E-state index contributed by atoms with van der Waals surface area (Å²) in [6, 6.07) is 5.62. The van der Waals surface area contributed by atoms with Crippen LogP contribution < -0.4 is 10.6 Å². The summed E-state index contributed by atoms with van der Waals surface area (Å²) in [5, 5.41) is 25.8. The number of anilines is 3. The summed E-state index contributed by atoms with van der Waals surface area (Å²) in [6.07, 6.45) is 1.00. The predicted octanol–water partition coefficient (Wildman–Crippen LogP) is 2.67. The average molecular weight is 338 g/mol. The fourth-order valence-electron chi connectivity index (χ4n) is 1.60. The molecule has 0 fully saturated rings. The summed E-state index contributed by atoms with van der Waals surface area (Å²) < 4.78 is 0. The molecule has 0 amide bonds. The molecule has 2 aromatic rings. The molecule has 23 heavy (non-hydrogen) atoms. The van der Waals surface area contributed by atoms with Crippen molar-refractivity contribution in [1.82, 2.24) is 9.97 Å². The maximum atomic E-state index is 11.0. The lowest BCUT2D eigenvalue weighted by Crippen LogP contribution is -2.26. The fourth-order valence-corrected chi connectivity index (χ4v) is 1.73. The second-order valence-electron chi connectivity index (χ2n) is 4.52. The molecule has 0 bridgehead atoms. The monoisotopic (exact) mass is 337 g/mol. The largest absolute Gasteiger partial charge is 0.480 e. The van der Waals surface area contributed by atoms with Crippen LogP contribution in [0.5, 0.6) is 0 Å². The number of nitrogens with one attached hydrogen (secondary N) is 2. The van der Waals surface area contributed by atoms with E-state index in [0.29, 0.717) is 10.7 Å². The first-order chi connectivity index (χ1) is 10.9. The number of carboxylic acids is 1. The third-order valence-electron chi connectivity index (χ3n) is 2.79. The Morgan fingerprint density at radius 3 is 2.61 bits per heavy atom. The van der Waals surface area contributed by atoms with Gasteiger partial charge in [0.15, 0.2) is 0 Å². The highest BCUT2D eigenvalue weighted by atomic mass is 35.5. The molecule has 120 valence electrons. The van der Waals surface area contributed by atoms with E-state index in [4.69, 9.17) is 16.7 Å². The zero-order valence-corrected chi connectivity index (χ0v) is 12.6. The Labute approximate surface area is 135 Å². The molecule has 1 aromatic carbocycles. The second kappa shape index (κ2) is 6.88. The number of carbonyl (C=O) groups is 1. The first-order valence-corrected chi connectivity index (χ1v) is 6.78. The van der Waals surface area contributed by atoms with Crippen LogP contribution in [-0.4, -0.2) is 32.0 Å². The Kier molecular flexibility index (Phi) is 4.91.